The molecule has 0 heterocycles. The van der Waals surface area contributed by atoms with E-state index in [9.17, 15) is 9.59 Å². The molecular weight excluding hydrogens is 176 g/mol. The Labute approximate surface area is 83.9 Å². The van der Waals surface area contributed by atoms with Crippen molar-refractivity contribution in [2.24, 2.45) is 5.92 Å². The standard InChI is InChI=1S/C12H13O2/c1-2-6-11(9-13)12(14)10-7-4-3-5-8-10/h3-5,7-8,11H,2,6H2,1H3. The largest absolute Gasteiger partial charge is 0.293 e. The van der Waals surface area contributed by atoms with Gasteiger partial charge in [-0.05, 0) is 6.42 Å². The second-order valence-corrected chi connectivity index (χ2v) is 3.19. The molecule has 14 heavy (non-hydrogen) atoms. The SMILES string of the molecule is CCCC([C]=O)C(=O)c1ccccc1. The van der Waals surface area contributed by atoms with Crippen LogP contribution in [0.15, 0.2) is 30.3 Å². The molecule has 1 rings (SSSR count). The number of hydrogen-bond donors (Lipinski definition) is 0. The van der Waals surface area contributed by atoms with Crippen molar-refractivity contribution in [1.82, 2.24) is 0 Å². The third-order valence-corrected chi connectivity index (χ3v) is 2.09. The first-order chi connectivity index (χ1) is 6.79. The molecule has 0 aliphatic rings. The van der Waals surface area contributed by atoms with Crippen LogP contribution in [0.25, 0.3) is 0 Å². The minimum Gasteiger partial charge on any atom is -0.293 e. The molecule has 0 aromatic heterocycles. The average Bonchev–Trinajstić information content (AvgIpc) is 2.26. The van der Waals surface area contributed by atoms with E-state index in [0.29, 0.717) is 12.0 Å². The quantitative estimate of drug-likeness (QED) is 0.526. The number of carbonyl (C=O) groups excluding carboxylic acids is 2. The minimum atomic E-state index is -0.595. The zero-order valence-electron chi connectivity index (χ0n) is 8.19. The lowest BCUT2D eigenvalue weighted by atomic mass is 9.95. The molecule has 1 radical (unpaired) electrons. The molecule has 0 N–H and O–H groups in total. The van der Waals surface area contributed by atoms with Gasteiger partial charge in [-0.3, -0.25) is 9.59 Å². The molecule has 0 saturated heterocycles. The highest BCUT2D eigenvalue weighted by Crippen LogP contribution is 2.11. The van der Waals surface area contributed by atoms with Crippen molar-refractivity contribution < 1.29 is 9.59 Å². The molecule has 1 atom stereocenters. The number of ketones is 1. The highest BCUT2D eigenvalue weighted by atomic mass is 16.1. The van der Waals surface area contributed by atoms with Gasteiger partial charge in [0.2, 0.25) is 6.29 Å². The summed E-state index contributed by atoms with van der Waals surface area (Å²) in [6.45, 7) is 1.95. The Morgan fingerprint density at radius 1 is 1.36 bits per heavy atom. The molecule has 2 heteroatoms. The van der Waals surface area contributed by atoms with Crippen LogP contribution in [0.3, 0.4) is 0 Å². The Morgan fingerprint density at radius 2 is 2.00 bits per heavy atom. The van der Waals surface area contributed by atoms with Crippen LogP contribution >= 0.6 is 0 Å². The molecule has 0 spiro atoms. The van der Waals surface area contributed by atoms with Gasteiger partial charge < -0.3 is 0 Å². The van der Waals surface area contributed by atoms with E-state index < -0.39 is 5.92 Å². The van der Waals surface area contributed by atoms with Crippen molar-refractivity contribution in [2.45, 2.75) is 19.8 Å². The maximum Gasteiger partial charge on any atom is 0.209 e. The number of Topliss-reactive ketones (excluding diaryl/α,β-unsaturated/α-hetero) is 1. The monoisotopic (exact) mass is 189 g/mol. The van der Waals surface area contributed by atoms with Crippen LogP contribution in [0.1, 0.15) is 30.1 Å². The van der Waals surface area contributed by atoms with Gasteiger partial charge in [-0.15, -0.1) is 0 Å². The number of carbonyl (C=O) groups is 1. The zero-order chi connectivity index (χ0) is 10.4. The Morgan fingerprint density at radius 3 is 2.50 bits per heavy atom. The fourth-order valence-electron chi connectivity index (χ4n) is 1.34. The topological polar surface area (TPSA) is 34.1 Å². The summed E-state index contributed by atoms with van der Waals surface area (Å²) < 4.78 is 0. The summed E-state index contributed by atoms with van der Waals surface area (Å²) in [6, 6.07) is 8.88. The van der Waals surface area contributed by atoms with E-state index >= 15 is 0 Å². The van der Waals surface area contributed by atoms with Gasteiger partial charge >= 0.3 is 0 Å². The molecule has 0 bridgehead atoms. The summed E-state index contributed by atoms with van der Waals surface area (Å²) in [5.74, 6) is -0.718. The van der Waals surface area contributed by atoms with Gasteiger partial charge in [0, 0.05) is 5.56 Å². The molecule has 0 amide bonds. The molecule has 0 aliphatic heterocycles. The summed E-state index contributed by atoms with van der Waals surface area (Å²) in [5, 5.41) is 0. The van der Waals surface area contributed by atoms with Crippen LogP contribution in [-0.2, 0) is 4.79 Å². The second kappa shape index (κ2) is 5.32. The van der Waals surface area contributed by atoms with Gasteiger partial charge in [0.1, 0.15) is 0 Å². The van der Waals surface area contributed by atoms with Gasteiger partial charge in [0.25, 0.3) is 0 Å². The predicted molar refractivity (Wildman–Crippen MR) is 54.9 cm³/mol. The number of hydrogen-bond acceptors (Lipinski definition) is 2. The van der Waals surface area contributed by atoms with Crippen LogP contribution < -0.4 is 0 Å². The highest BCUT2D eigenvalue weighted by molar-refractivity contribution is 6.05. The van der Waals surface area contributed by atoms with Crippen LogP contribution in [0.2, 0.25) is 0 Å². The van der Waals surface area contributed by atoms with E-state index in [4.69, 9.17) is 0 Å². The van der Waals surface area contributed by atoms with E-state index in [1.165, 1.54) is 0 Å². The lowest BCUT2D eigenvalue weighted by Crippen LogP contribution is -2.15. The fraction of sp³-hybridized carbons (Fsp3) is 0.333. The maximum atomic E-state index is 11.7. The van der Waals surface area contributed by atoms with Gasteiger partial charge in [-0.25, -0.2) is 0 Å². The van der Waals surface area contributed by atoms with Crippen molar-refractivity contribution >= 4 is 12.1 Å². The Kier molecular flexibility index (Phi) is 4.05. The molecule has 2 nitrogen and oxygen atoms in total. The van der Waals surface area contributed by atoms with Gasteiger partial charge in [-0.2, -0.15) is 0 Å². The van der Waals surface area contributed by atoms with Gasteiger partial charge in [0.05, 0.1) is 5.92 Å². The van der Waals surface area contributed by atoms with E-state index in [2.05, 4.69) is 0 Å². The first kappa shape index (κ1) is 10.6. The summed E-state index contributed by atoms with van der Waals surface area (Å²) in [7, 11) is 0. The minimum absolute atomic E-state index is 0.123. The lowest BCUT2D eigenvalue weighted by molar-refractivity contribution is 0.0948. The summed E-state index contributed by atoms with van der Waals surface area (Å²) in [4.78, 5) is 22.3. The first-order valence-electron chi connectivity index (χ1n) is 4.76. The third-order valence-electron chi connectivity index (χ3n) is 2.09. The van der Waals surface area contributed by atoms with Crippen LogP contribution in [0.4, 0.5) is 0 Å². The Bertz CT molecular complexity index is 303. The summed E-state index contributed by atoms with van der Waals surface area (Å²) in [5.41, 5.74) is 0.592. The second-order valence-electron chi connectivity index (χ2n) is 3.19. The molecule has 1 unspecified atom stereocenters. The molecule has 1 aromatic rings. The number of benzene rings is 1. The first-order valence-corrected chi connectivity index (χ1v) is 4.76. The maximum absolute atomic E-state index is 11.7. The van der Waals surface area contributed by atoms with E-state index in [1.54, 1.807) is 30.6 Å². The fourth-order valence-corrected chi connectivity index (χ4v) is 1.34. The van der Waals surface area contributed by atoms with E-state index in [1.807, 2.05) is 13.0 Å². The van der Waals surface area contributed by atoms with Crippen LogP contribution in [0.5, 0.6) is 0 Å². The van der Waals surface area contributed by atoms with E-state index in [0.717, 1.165) is 6.42 Å². The van der Waals surface area contributed by atoms with Crippen LogP contribution in [-0.4, -0.2) is 12.1 Å². The number of rotatable bonds is 5. The molecule has 0 aliphatic carbocycles. The van der Waals surface area contributed by atoms with E-state index in [-0.39, 0.29) is 5.78 Å². The van der Waals surface area contributed by atoms with Gasteiger partial charge in [0.15, 0.2) is 5.78 Å². The lowest BCUT2D eigenvalue weighted by Gasteiger charge is -2.06. The summed E-state index contributed by atoms with van der Waals surface area (Å²) in [6.07, 6.45) is 3.20. The smallest absolute Gasteiger partial charge is 0.209 e. The van der Waals surface area contributed by atoms with Crippen molar-refractivity contribution in [3.05, 3.63) is 35.9 Å². The zero-order valence-corrected chi connectivity index (χ0v) is 8.19. The highest BCUT2D eigenvalue weighted by Gasteiger charge is 2.18. The normalized spacial score (nSPS) is 12.1. The Balaban J connectivity index is 2.78. The molecule has 0 saturated carbocycles. The molecule has 0 fully saturated rings. The molecule has 73 valence electrons. The van der Waals surface area contributed by atoms with Crippen molar-refractivity contribution in [1.29, 1.82) is 0 Å². The summed E-state index contributed by atoms with van der Waals surface area (Å²) >= 11 is 0. The van der Waals surface area contributed by atoms with Crippen LogP contribution in [0, 0.1) is 5.92 Å². The Hall–Kier alpha value is -1.44. The molecular formula is C12H13O2. The van der Waals surface area contributed by atoms with Crippen molar-refractivity contribution in [3.8, 4) is 0 Å². The third kappa shape index (κ3) is 2.52. The van der Waals surface area contributed by atoms with Gasteiger partial charge in [-0.1, -0.05) is 43.7 Å². The van der Waals surface area contributed by atoms with Crippen molar-refractivity contribution in [3.63, 3.8) is 0 Å². The van der Waals surface area contributed by atoms with Crippen molar-refractivity contribution in [2.75, 3.05) is 0 Å². The average molecular weight is 189 g/mol. The predicted octanol–water partition coefficient (Wildman–Crippen LogP) is 2.40. The molecule has 1 aromatic carbocycles.